The van der Waals surface area contributed by atoms with Gasteiger partial charge in [0.25, 0.3) is 11.1 Å². The molecule has 0 N–H and O–H groups in total. The molecule has 0 bridgehead atoms. The van der Waals surface area contributed by atoms with Gasteiger partial charge in [-0.25, -0.2) is 0 Å². The average molecular weight is 491 g/mol. The van der Waals surface area contributed by atoms with Crippen LogP contribution < -0.4 is 9.47 Å². The first-order chi connectivity index (χ1) is 12.4. The van der Waals surface area contributed by atoms with E-state index in [2.05, 4.69) is 22.6 Å². The molecule has 0 spiro atoms. The highest BCUT2D eigenvalue weighted by atomic mass is 127. The molecule has 1 aliphatic heterocycles. The Labute approximate surface area is 169 Å². The lowest BCUT2D eigenvalue weighted by atomic mass is 10.2. The first-order valence-electron chi connectivity index (χ1n) is 7.82. The van der Waals surface area contributed by atoms with Crippen molar-refractivity contribution in [3.05, 3.63) is 26.2 Å². The Morgan fingerprint density at radius 1 is 1.27 bits per heavy atom. The summed E-state index contributed by atoms with van der Waals surface area (Å²) < 4.78 is 16.5. The van der Waals surface area contributed by atoms with Crippen molar-refractivity contribution in [2.75, 3.05) is 26.9 Å². The molecule has 0 aromatic heterocycles. The smallest absolute Gasteiger partial charge is 0.326 e. The van der Waals surface area contributed by atoms with Crippen LogP contribution in [0, 0.1) is 3.57 Å². The molecule has 1 aromatic carbocycles. The van der Waals surface area contributed by atoms with Crippen LogP contribution in [-0.2, 0) is 14.3 Å². The summed E-state index contributed by atoms with van der Waals surface area (Å²) in [6.45, 7) is 3.84. The molecule has 140 valence electrons. The van der Waals surface area contributed by atoms with Crippen LogP contribution in [0.3, 0.4) is 0 Å². The van der Waals surface area contributed by atoms with Crippen LogP contribution in [0.5, 0.6) is 11.5 Å². The fourth-order valence-electron chi connectivity index (χ4n) is 2.23. The van der Waals surface area contributed by atoms with Gasteiger partial charge >= 0.3 is 5.97 Å². The van der Waals surface area contributed by atoms with Crippen LogP contribution in [0.1, 0.15) is 19.4 Å². The van der Waals surface area contributed by atoms with Crippen molar-refractivity contribution in [1.29, 1.82) is 0 Å². The molecular weight excluding hydrogens is 473 g/mol. The molecular formula is C17H18INO6S. The normalized spacial score (nSPS) is 15.5. The molecule has 9 heteroatoms. The van der Waals surface area contributed by atoms with Crippen LogP contribution >= 0.6 is 34.4 Å². The van der Waals surface area contributed by atoms with E-state index in [9.17, 15) is 14.4 Å². The Balaban J connectivity index is 2.27. The number of ether oxygens (including phenoxy) is 3. The van der Waals surface area contributed by atoms with Gasteiger partial charge < -0.3 is 14.2 Å². The molecule has 1 aromatic rings. The highest BCUT2D eigenvalue weighted by Gasteiger charge is 2.36. The van der Waals surface area contributed by atoms with Crippen molar-refractivity contribution in [3.8, 4) is 11.5 Å². The number of hydrogen-bond donors (Lipinski definition) is 0. The van der Waals surface area contributed by atoms with E-state index >= 15 is 0 Å². The quantitative estimate of drug-likeness (QED) is 0.329. The molecule has 1 aliphatic rings. The Morgan fingerprint density at radius 3 is 2.62 bits per heavy atom. The van der Waals surface area contributed by atoms with Gasteiger partial charge in [-0.1, -0.05) is 0 Å². The van der Waals surface area contributed by atoms with E-state index in [1.165, 1.54) is 7.11 Å². The van der Waals surface area contributed by atoms with Crippen molar-refractivity contribution in [1.82, 2.24) is 4.90 Å². The first kappa shape index (κ1) is 20.6. The number of amides is 2. The predicted octanol–water partition coefficient (Wildman–Crippen LogP) is 3.30. The monoisotopic (exact) mass is 491 g/mol. The summed E-state index contributed by atoms with van der Waals surface area (Å²) in [4.78, 5) is 37.1. The second kappa shape index (κ2) is 9.26. The number of thioether (sulfide) groups is 1. The second-order valence-electron chi connectivity index (χ2n) is 5.04. The Bertz CT molecular complexity index is 764. The van der Waals surface area contributed by atoms with Crippen LogP contribution in [0.4, 0.5) is 4.79 Å². The minimum absolute atomic E-state index is 0.190. The van der Waals surface area contributed by atoms with Gasteiger partial charge in [-0.15, -0.1) is 0 Å². The van der Waals surface area contributed by atoms with Gasteiger partial charge in [0, 0.05) is 0 Å². The van der Waals surface area contributed by atoms with Gasteiger partial charge in [-0.2, -0.15) is 0 Å². The van der Waals surface area contributed by atoms with Gasteiger partial charge in [-0.05, 0) is 72.0 Å². The lowest BCUT2D eigenvalue weighted by molar-refractivity contribution is -0.145. The summed E-state index contributed by atoms with van der Waals surface area (Å²) in [6.07, 6.45) is 1.59. The molecule has 1 saturated heterocycles. The molecule has 2 amide bonds. The average Bonchev–Trinajstić information content (AvgIpc) is 2.84. The highest BCUT2D eigenvalue weighted by Crippen LogP contribution is 2.37. The summed E-state index contributed by atoms with van der Waals surface area (Å²) in [5, 5.41) is -0.498. The zero-order valence-electron chi connectivity index (χ0n) is 14.5. The summed E-state index contributed by atoms with van der Waals surface area (Å²) >= 11 is 2.91. The third-order valence-electron chi connectivity index (χ3n) is 3.30. The zero-order chi connectivity index (χ0) is 19.3. The molecule has 26 heavy (non-hydrogen) atoms. The van der Waals surface area contributed by atoms with Crippen LogP contribution in [0.2, 0.25) is 0 Å². The first-order valence-corrected chi connectivity index (χ1v) is 9.72. The minimum atomic E-state index is -0.617. The molecule has 0 aliphatic carbocycles. The lowest BCUT2D eigenvalue weighted by Crippen LogP contribution is -2.34. The van der Waals surface area contributed by atoms with Gasteiger partial charge in [0.15, 0.2) is 11.5 Å². The molecule has 0 atom stereocenters. The fraction of sp³-hybridized carbons (Fsp3) is 0.353. The highest BCUT2D eigenvalue weighted by molar-refractivity contribution is 14.1. The standard InChI is InChI=1S/C17H18INO6S/c1-4-24-14(20)9-19-16(21)13(26-17(19)22)8-10-6-11(18)15(25-5-2)12(7-10)23-3/h6-8H,4-5,9H2,1-3H3/b13-8-. The van der Waals surface area contributed by atoms with Crippen LogP contribution in [0.25, 0.3) is 6.08 Å². The van der Waals surface area contributed by atoms with Gasteiger partial charge in [-0.3, -0.25) is 19.3 Å². The van der Waals surface area contributed by atoms with Crippen molar-refractivity contribution >= 4 is 57.5 Å². The number of imide groups is 1. The summed E-state index contributed by atoms with van der Waals surface area (Å²) in [7, 11) is 1.53. The van der Waals surface area contributed by atoms with Crippen molar-refractivity contribution in [3.63, 3.8) is 0 Å². The summed E-state index contributed by atoms with van der Waals surface area (Å²) in [6, 6.07) is 3.56. The maximum absolute atomic E-state index is 12.4. The Hall–Kier alpha value is -1.75. The fourth-order valence-corrected chi connectivity index (χ4v) is 3.85. The Morgan fingerprint density at radius 2 is 2.00 bits per heavy atom. The van der Waals surface area contributed by atoms with Gasteiger partial charge in [0.1, 0.15) is 6.54 Å². The molecule has 0 unspecified atom stereocenters. The van der Waals surface area contributed by atoms with Crippen molar-refractivity contribution in [2.24, 2.45) is 0 Å². The summed E-state index contributed by atoms with van der Waals surface area (Å²) in [5.74, 6) is 0.0307. The molecule has 0 saturated carbocycles. The molecule has 1 fully saturated rings. The third-order valence-corrected chi connectivity index (χ3v) is 5.01. The Kier molecular flexibility index (Phi) is 7.33. The number of rotatable bonds is 7. The number of nitrogens with zero attached hydrogens (tertiary/aromatic N) is 1. The van der Waals surface area contributed by atoms with Gasteiger partial charge in [0.2, 0.25) is 0 Å². The molecule has 2 rings (SSSR count). The molecule has 7 nitrogen and oxygen atoms in total. The lowest BCUT2D eigenvalue weighted by Gasteiger charge is -2.12. The largest absolute Gasteiger partial charge is 0.493 e. The van der Waals surface area contributed by atoms with Crippen molar-refractivity contribution in [2.45, 2.75) is 13.8 Å². The van der Waals surface area contributed by atoms with E-state index in [0.29, 0.717) is 23.7 Å². The number of methoxy groups -OCH3 is 1. The number of hydrogen-bond acceptors (Lipinski definition) is 7. The van der Waals surface area contributed by atoms with Gasteiger partial charge in [0.05, 0.1) is 28.8 Å². The molecule has 1 heterocycles. The number of benzene rings is 1. The van der Waals surface area contributed by atoms with E-state index in [4.69, 9.17) is 14.2 Å². The van der Waals surface area contributed by atoms with Crippen molar-refractivity contribution < 1.29 is 28.6 Å². The van der Waals surface area contributed by atoms with E-state index < -0.39 is 17.1 Å². The maximum atomic E-state index is 12.4. The van der Waals surface area contributed by atoms with Crippen LogP contribution in [0.15, 0.2) is 17.0 Å². The predicted molar refractivity (Wildman–Crippen MR) is 106 cm³/mol. The van der Waals surface area contributed by atoms with E-state index in [1.807, 2.05) is 13.0 Å². The number of esters is 1. The SMILES string of the molecule is CCOC(=O)CN1C(=O)S/C(=C\c2cc(I)c(OCC)c(OC)c2)C1=O. The summed E-state index contributed by atoms with van der Waals surface area (Å²) in [5.41, 5.74) is 0.691. The van der Waals surface area contributed by atoms with E-state index in [1.54, 1.807) is 19.1 Å². The zero-order valence-corrected chi connectivity index (χ0v) is 17.5. The number of halogens is 1. The maximum Gasteiger partial charge on any atom is 0.326 e. The van der Waals surface area contributed by atoms with Crippen LogP contribution in [-0.4, -0.2) is 48.9 Å². The molecule has 0 radical (unpaired) electrons. The number of carbonyl (C=O) groups excluding carboxylic acids is 3. The third kappa shape index (κ3) is 4.70. The number of carbonyl (C=O) groups is 3. The van der Waals surface area contributed by atoms with E-state index in [-0.39, 0.29) is 18.1 Å². The second-order valence-corrected chi connectivity index (χ2v) is 7.20. The van der Waals surface area contributed by atoms with E-state index in [0.717, 1.165) is 20.2 Å². The minimum Gasteiger partial charge on any atom is -0.493 e. The topological polar surface area (TPSA) is 82.1 Å².